The molecule has 1 rings (SSSR count). The van der Waals surface area contributed by atoms with Crippen molar-refractivity contribution in [1.29, 1.82) is 0 Å². The summed E-state index contributed by atoms with van der Waals surface area (Å²) in [6.45, 7) is 2.15. The van der Waals surface area contributed by atoms with Gasteiger partial charge in [0.2, 0.25) is 0 Å². The van der Waals surface area contributed by atoms with E-state index in [4.69, 9.17) is 0 Å². The fourth-order valence-corrected chi connectivity index (χ4v) is 2.40. The van der Waals surface area contributed by atoms with Crippen molar-refractivity contribution in [3.63, 3.8) is 0 Å². The maximum absolute atomic E-state index is 11.5. The van der Waals surface area contributed by atoms with Crippen LogP contribution < -0.4 is 0 Å². The number of benzene rings is 1. The lowest BCUT2D eigenvalue weighted by atomic mass is 10.2. The van der Waals surface area contributed by atoms with Crippen molar-refractivity contribution in [2.75, 3.05) is 5.75 Å². The zero-order chi connectivity index (χ0) is 11.8. The van der Waals surface area contributed by atoms with E-state index in [1.165, 1.54) is 6.42 Å². The molecule has 0 atom stereocenters. The topological polar surface area (TPSA) is 17.1 Å². The van der Waals surface area contributed by atoms with Crippen LogP contribution in [0.1, 0.15) is 32.6 Å². The second kappa shape index (κ2) is 7.91. The molecule has 0 aliphatic heterocycles. The molecule has 0 amide bonds. The first-order valence-electron chi connectivity index (χ1n) is 5.62. The third-order valence-corrected chi connectivity index (χ3v) is 3.87. The van der Waals surface area contributed by atoms with Gasteiger partial charge < -0.3 is 0 Å². The molecule has 0 saturated carbocycles. The number of Topliss-reactive ketones (excluding diaryl/α,β-unsaturated/α-hetero) is 1. The van der Waals surface area contributed by atoms with E-state index in [-0.39, 0.29) is 0 Å². The standard InChI is InChI=1S/C13H17BrOS/c1-2-3-4-5-12(15)10-16-13-8-6-11(14)7-9-13/h6-9H,2-5,10H2,1H3. The minimum atomic E-state index is 0.362. The summed E-state index contributed by atoms with van der Waals surface area (Å²) >= 11 is 5.02. The Morgan fingerprint density at radius 2 is 1.94 bits per heavy atom. The molecule has 0 fully saturated rings. The molecule has 16 heavy (non-hydrogen) atoms. The summed E-state index contributed by atoms with van der Waals surface area (Å²) in [4.78, 5) is 12.7. The van der Waals surface area contributed by atoms with E-state index < -0.39 is 0 Å². The van der Waals surface area contributed by atoms with Crippen molar-refractivity contribution in [2.45, 2.75) is 37.5 Å². The Morgan fingerprint density at radius 1 is 1.25 bits per heavy atom. The number of ketones is 1. The molecule has 88 valence electrons. The Hall–Kier alpha value is -0.280. The van der Waals surface area contributed by atoms with Gasteiger partial charge in [-0.2, -0.15) is 0 Å². The highest BCUT2D eigenvalue weighted by atomic mass is 79.9. The van der Waals surface area contributed by atoms with Crippen LogP contribution in [0, 0.1) is 0 Å². The van der Waals surface area contributed by atoms with Gasteiger partial charge in [-0.05, 0) is 30.7 Å². The van der Waals surface area contributed by atoms with Crippen LogP contribution in [-0.2, 0) is 4.79 Å². The van der Waals surface area contributed by atoms with Gasteiger partial charge in [0.25, 0.3) is 0 Å². The molecular weight excluding hydrogens is 284 g/mol. The predicted octanol–water partition coefficient (Wildman–Crippen LogP) is 4.69. The number of carbonyl (C=O) groups is 1. The monoisotopic (exact) mass is 300 g/mol. The number of thioether (sulfide) groups is 1. The van der Waals surface area contributed by atoms with Gasteiger partial charge in [0.1, 0.15) is 5.78 Å². The zero-order valence-corrected chi connectivity index (χ0v) is 11.9. The third-order valence-electron chi connectivity index (χ3n) is 2.27. The molecule has 1 aromatic carbocycles. The van der Waals surface area contributed by atoms with Crippen LogP contribution in [-0.4, -0.2) is 11.5 Å². The number of carbonyl (C=O) groups excluding carboxylic acids is 1. The Balaban J connectivity index is 2.23. The number of hydrogen-bond donors (Lipinski definition) is 0. The summed E-state index contributed by atoms with van der Waals surface area (Å²) in [5, 5.41) is 0. The summed E-state index contributed by atoms with van der Waals surface area (Å²) in [5.74, 6) is 0.965. The number of rotatable bonds is 7. The molecule has 0 heterocycles. The van der Waals surface area contributed by atoms with Crippen LogP contribution in [0.15, 0.2) is 33.6 Å². The van der Waals surface area contributed by atoms with Gasteiger partial charge in [0.05, 0.1) is 5.75 Å². The molecular formula is C13H17BrOS. The Bertz CT molecular complexity index is 321. The quantitative estimate of drug-likeness (QED) is 0.537. The van der Waals surface area contributed by atoms with E-state index in [1.54, 1.807) is 11.8 Å². The Labute approximate surface area is 110 Å². The minimum Gasteiger partial charge on any atom is -0.299 e. The van der Waals surface area contributed by atoms with Gasteiger partial charge in [0.15, 0.2) is 0 Å². The van der Waals surface area contributed by atoms with E-state index in [0.29, 0.717) is 11.5 Å². The van der Waals surface area contributed by atoms with Crippen molar-refractivity contribution < 1.29 is 4.79 Å². The molecule has 3 heteroatoms. The van der Waals surface area contributed by atoms with Crippen LogP contribution in [0.4, 0.5) is 0 Å². The van der Waals surface area contributed by atoms with Crippen LogP contribution in [0.5, 0.6) is 0 Å². The van der Waals surface area contributed by atoms with Gasteiger partial charge in [0, 0.05) is 15.8 Å². The van der Waals surface area contributed by atoms with Crippen molar-refractivity contribution >= 4 is 33.5 Å². The average molecular weight is 301 g/mol. The fraction of sp³-hybridized carbons (Fsp3) is 0.462. The number of hydrogen-bond acceptors (Lipinski definition) is 2. The van der Waals surface area contributed by atoms with Gasteiger partial charge in [-0.3, -0.25) is 4.79 Å². The van der Waals surface area contributed by atoms with Crippen molar-refractivity contribution in [2.24, 2.45) is 0 Å². The first-order chi connectivity index (χ1) is 7.72. The summed E-state index contributed by atoms with van der Waals surface area (Å²) in [5.41, 5.74) is 0. The summed E-state index contributed by atoms with van der Waals surface area (Å²) < 4.78 is 1.08. The van der Waals surface area contributed by atoms with Gasteiger partial charge >= 0.3 is 0 Å². The molecule has 0 radical (unpaired) electrons. The lowest BCUT2D eigenvalue weighted by Crippen LogP contribution is -2.00. The lowest BCUT2D eigenvalue weighted by molar-refractivity contribution is -0.116. The molecule has 0 saturated heterocycles. The van der Waals surface area contributed by atoms with Crippen molar-refractivity contribution in [1.82, 2.24) is 0 Å². The number of unbranched alkanes of at least 4 members (excludes halogenated alkanes) is 2. The highest BCUT2D eigenvalue weighted by Gasteiger charge is 2.02. The van der Waals surface area contributed by atoms with E-state index in [2.05, 4.69) is 22.9 Å². The second-order valence-electron chi connectivity index (χ2n) is 3.74. The molecule has 0 N–H and O–H groups in total. The Kier molecular flexibility index (Phi) is 6.81. The first kappa shape index (κ1) is 13.8. The van der Waals surface area contributed by atoms with Crippen LogP contribution in [0.2, 0.25) is 0 Å². The van der Waals surface area contributed by atoms with E-state index >= 15 is 0 Å². The Morgan fingerprint density at radius 3 is 2.56 bits per heavy atom. The lowest BCUT2D eigenvalue weighted by Gasteiger charge is -2.01. The van der Waals surface area contributed by atoms with Gasteiger partial charge in [-0.15, -0.1) is 11.8 Å². The molecule has 0 spiro atoms. The predicted molar refractivity (Wildman–Crippen MR) is 74.0 cm³/mol. The van der Waals surface area contributed by atoms with E-state index in [1.807, 2.05) is 24.3 Å². The second-order valence-corrected chi connectivity index (χ2v) is 5.70. The minimum absolute atomic E-state index is 0.362. The average Bonchev–Trinajstić information content (AvgIpc) is 2.29. The maximum Gasteiger partial charge on any atom is 0.143 e. The summed E-state index contributed by atoms with van der Waals surface area (Å²) in [7, 11) is 0. The highest BCUT2D eigenvalue weighted by molar-refractivity contribution is 9.10. The summed E-state index contributed by atoms with van der Waals surface area (Å²) in [6.07, 6.45) is 4.11. The molecule has 0 unspecified atom stereocenters. The molecule has 1 aromatic rings. The molecule has 0 aromatic heterocycles. The SMILES string of the molecule is CCCCCC(=O)CSc1ccc(Br)cc1. The molecule has 0 aliphatic carbocycles. The molecule has 0 aliphatic rings. The van der Waals surface area contributed by atoms with E-state index in [9.17, 15) is 4.79 Å². The third kappa shape index (κ3) is 5.71. The maximum atomic E-state index is 11.5. The normalized spacial score (nSPS) is 10.4. The van der Waals surface area contributed by atoms with Crippen LogP contribution in [0.25, 0.3) is 0 Å². The number of halogens is 1. The highest BCUT2D eigenvalue weighted by Crippen LogP contribution is 2.21. The summed E-state index contributed by atoms with van der Waals surface area (Å²) in [6, 6.07) is 8.08. The smallest absolute Gasteiger partial charge is 0.143 e. The largest absolute Gasteiger partial charge is 0.299 e. The van der Waals surface area contributed by atoms with Gasteiger partial charge in [-0.25, -0.2) is 0 Å². The molecule has 0 bridgehead atoms. The fourth-order valence-electron chi connectivity index (χ4n) is 1.34. The first-order valence-corrected chi connectivity index (χ1v) is 7.40. The molecule has 1 nitrogen and oxygen atoms in total. The van der Waals surface area contributed by atoms with Crippen molar-refractivity contribution in [3.05, 3.63) is 28.7 Å². The van der Waals surface area contributed by atoms with Crippen LogP contribution in [0.3, 0.4) is 0 Å². The van der Waals surface area contributed by atoms with Gasteiger partial charge in [-0.1, -0.05) is 35.7 Å². The van der Waals surface area contributed by atoms with E-state index in [0.717, 1.165) is 28.6 Å². The zero-order valence-electron chi connectivity index (χ0n) is 9.54. The van der Waals surface area contributed by atoms with Crippen LogP contribution >= 0.6 is 27.7 Å². The van der Waals surface area contributed by atoms with Crippen molar-refractivity contribution in [3.8, 4) is 0 Å².